The van der Waals surface area contributed by atoms with Crippen LogP contribution in [0.3, 0.4) is 0 Å². The lowest BCUT2D eigenvalue weighted by molar-refractivity contribution is -0.145. The molecule has 2 bridgehead atoms. The summed E-state index contributed by atoms with van der Waals surface area (Å²) < 4.78 is 16.8. The Labute approximate surface area is 235 Å². The second kappa shape index (κ2) is 15.7. The standard InChI is InChI=1S/C29H41N5O6/c1-4-39-28(36)24(16-21-9-12-26(30)31-17-21)34-29(37)33-23-15-20-7-10-22(11-8-20)40-14-6-5-13-38-18-25(19(2)3)32-27(23)35/h7-12,17,19,23-25H,4-6,13-16,18H2,1-3H3,(H2,30,31)(H,32,35)(H2,33,34,37)/t23-,24+,25-/m1/s1. The largest absolute Gasteiger partial charge is 0.494 e. The predicted molar refractivity (Wildman–Crippen MR) is 151 cm³/mol. The lowest BCUT2D eigenvalue weighted by Gasteiger charge is -2.27. The van der Waals surface area contributed by atoms with Gasteiger partial charge in [-0.25, -0.2) is 14.6 Å². The topological polar surface area (TPSA) is 154 Å². The van der Waals surface area contributed by atoms with Crippen LogP contribution in [-0.2, 0) is 31.9 Å². The van der Waals surface area contributed by atoms with E-state index in [4.69, 9.17) is 19.9 Å². The van der Waals surface area contributed by atoms with Crippen molar-refractivity contribution in [3.63, 3.8) is 0 Å². The molecular weight excluding hydrogens is 514 g/mol. The minimum absolute atomic E-state index is 0.113. The number of nitrogen functional groups attached to an aromatic ring is 1. The van der Waals surface area contributed by atoms with Gasteiger partial charge in [0.15, 0.2) is 0 Å². The number of aromatic nitrogens is 1. The fourth-order valence-electron chi connectivity index (χ4n) is 4.14. The second-order valence-corrected chi connectivity index (χ2v) is 10.1. The first kappa shape index (κ1) is 30.7. The number of anilines is 1. The molecule has 0 aliphatic carbocycles. The van der Waals surface area contributed by atoms with Gasteiger partial charge in [-0.15, -0.1) is 0 Å². The number of ether oxygens (including phenoxy) is 3. The van der Waals surface area contributed by atoms with Crippen molar-refractivity contribution in [3.8, 4) is 5.75 Å². The summed E-state index contributed by atoms with van der Waals surface area (Å²) in [7, 11) is 0. The number of nitrogens with one attached hydrogen (secondary N) is 3. The molecule has 0 spiro atoms. The maximum Gasteiger partial charge on any atom is 0.329 e. The Morgan fingerprint density at radius 3 is 2.58 bits per heavy atom. The highest BCUT2D eigenvalue weighted by atomic mass is 16.5. The Morgan fingerprint density at radius 2 is 1.90 bits per heavy atom. The third kappa shape index (κ3) is 10.0. The molecular formula is C29H41N5O6. The van der Waals surface area contributed by atoms with Crippen LogP contribution in [0, 0.1) is 5.92 Å². The smallest absolute Gasteiger partial charge is 0.329 e. The average Bonchev–Trinajstić information content (AvgIpc) is 2.92. The van der Waals surface area contributed by atoms with Gasteiger partial charge < -0.3 is 35.9 Å². The maximum atomic E-state index is 13.5. The van der Waals surface area contributed by atoms with Crippen LogP contribution in [0.25, 0.3) is 0 Å². The number of fused-ring (bicyclic) bond motifs is 13. The second-order valence-electron chi connectivity index (χ2n) is 10.1. The normalized spacial score (nSPS) is 19.2. The number of rotatable bonds is 7. The van der Waals surface area contributed by atoms with E-state index in [1.807, 2.05) is 38.1 Å². The van der Waals surface area contributed by atoms with Crippen molar-refractivity contribution in [2.45, 2.75) is 64.6 Å². The van der Waals surface area contributed by atoms with Crippen molar-refractivity contribution in [2.24, 2.45) is 5.92 Å². The first-order chi connectivity index (χ1) is 19.2. The molecule has 1 aromatic heterocycles. The van der Waals surface area contributed by atoms with Gasteiger partial charge in [0.1, 0.15) is 23.7 Å². The predicted octanol–water partition coefficient (Wildman–Crippen LogP) is 2.38. The van der Waals surface area contributed by atoms with Crippen molar-refractivity contribution < 1.29 is 28.6 Å². The fourth-order valence-corrected chi connectivity index (χ4v) is 4.14. The van der Waals surface area contributed by atoms with Gasteiger partial charge in [0.25, 0.3) is 0 Å². The van der Waals surface area contributed by atoms with Crippen LogP contribution in [0.15, 0.2) is 42.6 Å². The zero-order valence-corrected chi connectivity index (χ0v) is 23.5. The molecule has 0 saturated heterocycles. The van der Waals surface area contributed by atoms with E-state index < -0.39 is 24.1 Å². The first-order valence-electron chi connectivity index (χ1n) is 13.8. The van der Waals surface area contributed by atoms with Crippen molar-refractivity contribution in [1.82, 2.24) is 20.9 Å². The third-order valence-corrected chi connectivity index (χ3v) is 6.53. The molecule has 0 unspecified atom stereocenters. The number of nitrogens with zero attached hydrogens (tertiary/aromatic N) is 1. The molecule has 2 aliphatic heterocycles. The SMILES string of the molecule is CCOC(=O)[C@H](Cc1ccc(N)nc1)NC(=O)N[C@@H]1Cc2ccc(cc2)OCCCCOC[C@H](C(C)C)NC1=O. The molecule has 3 atom stereocenters. The maximum absolute atomic E-state index is 13.5. The van der Waals surface area contributed by atoms with Crippen molar-refractivity contribution >= 4 is 23.7 Å². The van der Waals surface area contributed by atoms with E-state index in [0.29, 0.717) is 31.2 Å². The average molecular weight is 556 g/mol. The number of hydrogen-bond donors (Lipinski definition) is 4. The molecule has 40 heavy (non-hydrogen) atoms. The van der Waals surface area contributed by atoms with E-state index in [-0.39, 0.29) is 37.3 Å². The molecule has 0 fully saturated rings. The Morgan fingerprint density at radius 1 is 1.15 bits per heavy atom. The van der Waals surface area contributed by atoms with Gasteiger partial charge >= 0.3 is 12.0 Å². The number of benzene rings is 1. The van der Waals surface area contributed by atoms with E-state index in [1.165, 1.54) is 6.20 Å². The van der Waals surface area contributed by atoms with Crippen LogP contribution in [0.2, 0.25) is 0 Å². The zero-order chi connectivity index (χ0) is 28.9. The molecule has 1 aromatic carbocycles. The van der Waals surface area contributed by atoms with E-state index in [1.54, 1.807) is 19.1 Å². The Bertz CT molecular complexity index is 1090. The van der Waals surface area contributed by atoms with E-state index in [2.05, 4.69) is 20.9 Å². The molecule has 11 heteroatoms. The van der Waals surface area contributed by atoms with Crippen LogP contribution in [0.5, 0.6) is 5.75 Å². The molecule has 3 heterocycles. The van der Waals surface area contributed by atoms with Gasteiger partial charge in [-0.2, -0.15) is 0 Å². The first-order valence-corrected chi connectivity index (χ1v) is 13.8. The molecule has 0 saturated carbocycles. The molecule has 3 amide bonds. The van der Waals surface area contributed by atoms with E-state index >= 15 is 0 Å². The summed E-state index contributed by atoms with van der Waals surface area (Å²) >= 11 is 0. The number of esters is 1. The number of carbonyl (C=O) groups is 3. The summed E-state index contributed by atoms with van der Waals surface area (Å²) in [5.74, 6) is 0.252. The van der Waals surface area contributed by atoms with Gasteiger partial charge in [0.2, 0.25) is 5.91 Å². The quantitative estimate of drug-likeness (QED) is 0.380. The van der Waals surface area contributed by atoms with Crippen molar-refractivity contribution in [1.29, 1.82) is 0 Å². The molecule has 5 N–H and O–H groups in total. The number of urea groups is 1. The highest BCUT2D eigenvalue weighted by Gasteiger charge is 2.28. The van der Waals surface area contributed by atoms with Crippen LogP contribution in [0.4, 0.5) is 10.6 Å². The Kier molecular flexibility index (Phi) is 12.0. The Hall–Kier alpha value is -3.86. The molecule has 0 radical (unpaired) electrons. The van der Waals surface area contributed by atoms with Crippen LogP contribution < -0.4 is 26.4 Å². The summed E-state index contributed by atoms with van der Waals surface area (Å²) in [5.41, 5.74) is 7.19. The van der Waals surface area contributed by atoms with Crippen molar-refractivity contribution in [2.75, 3.05) is 32.2 Å². The summed E-state index contributed by atoms with van der Waals surface area (Å²) in [6.45, 7) is 7.36. The summed E-state index contributed by atoms with van der Waals surface area (Å²) in [5, 5.41) is 8.48. The number of nitrogens with two attached hydrogens (primary N) is 1. The zero-order valence-electron chi connectivity index (χ0n) is 23.5. The highest BCUT2D eigenvalue weighted by Crippen LogP contribution is 2.15. The van der Waals surface area contributed by atoms with Gasteiger partial charge in [-0.1, -0.05) is 32.0 Å². The minimum Gasteiger partial charge on any atom is -0.494 e. The number of hydrogen-bond acceptors (Lipinski definition) is 8. The lowest BCUT2D eigenvalue weighted by atomic mass is 10.0. The summed E-state index contributed by atoms with van der Waals surface area (Å²) in [6, 6.07) is 7.97. The van der Waals surface area contributed by atoms with Gasteiger partial charge in [-0.05, 0) is 55.0 Å². The fraction of sp³-hybridized carbons (Fsp3) is 0.517. The lowest BCUT2D eigenvalue weighted by Crippen LogP contribution is -2.56. The van der Waals surface area contributed by atoms with Crippen LogP contribution in [0.1, 0.15) is 44.7 Å². The van der Waals surface area contributed by atoms with E-state index in [9.17, 15) is 14.4 Å². The monoisotopic (exact) mass is 555 g/mol. The Balaban J connectivity index is 1.78. The molecule has 11 nitrogen and oxygen atoms in total. The number of pyridine rings is 1. The summed E-state index contributed by atoms with van der Waals surface area (Å²) in [4.78, 5) is 43.3. The number of carbonyl (C=O) groups excluding carboxylic acids is 3. The molecule has 2 aromatic rings. The molecule has 4 rings (SSSR count). The minimum atomic E-state index is -0.993. The van der Waals surface area contributed by atoms with Gasteiger partial charge in [0, 0.05) is 25.6 Å². The van der Waals surface area contributed by atoms with Gasteiger partial charge in [-0.3, -0.25) is 4.79 Å². The van der Waals surface area contributed by atoms with Gasteiger partial charge in [0.05, 0.1) is 25.9 Å². The number of amides is 3. The molecule has 2 aliphatic rings. The third-order valence-electron chi connectivity index (χ3n) is 6.53. The van der Waals surface area contributed by atoms with E-state index in [0.717, 1.165) is 24.2 Å². The highest BCUT2D eigenvalue weighted by molar-refractivity contribution is 5.89. The molecule has 218 valence electrons. The van der Waals surface area contributed by atoms with Crippen molar-refractivity contribution in [3.05, 3.63) is 53.7 Å². The summed E-state index contributed by atoms with van der Waals surface area (Å²) in [6.07, 6.45) is 3.62. The van der Waals surface area contributed by atoms with Crippen LogP contribution >= 0.6 is 0 Å². The van der Waals surface area contributed by atoms with Crippen LogP contribution in [-0.4, -0.2) is 67.4 Å².